The Morgan fingerprint density at radius 1 is 1.44 bits per heavy atom. The molecular formula is C19H22IN3O4. The van der Waals surface area contributed by atoms with E-state index in [0.29, 0.717) is 18.6 Å². The van der Waals surface area contributed by atoms with Crippen molar-refractivity contribution in [1.82, 2.24) is 9.80 Å². The summed E-state index contributed by atoms with van der Waals surface area (Å²) in [6.45, 7) is -0.140. The second-order valence-electron chi connectivity index (χ2n) is 7.54. The molecular weight excluding hydrogens is 461 g/mol. The standard InChI is InChI=1S/C19H22IN3O4/c1-22-12-6-10(19(25)26)18(22)13-5-9-11(20)3-4-16(27-2)17(9)15(8-24)23(13)14(12)7-21/h3-4,10,12-15,18,24H,5-6,8H2,1-2H3,(H,25,26). The van der Waals surface area contributed by atoms with Crippen molar-refractivity contribution >= 4 is 28.6 Å². The molecule has 1 aromatic rings. The smallest absolute Gasteiger partial charge is 0.308 e. The molecule has 0 amide bonds. The van der Waals surface area contributed by atoms with Crippen LogP contribution < -0.4 is 4.74 Å². The number of carboxylic acids is 1. The number of aliphatic hydroxyl groups excluding tert-OH is 1. The predicted molar refractivity (Wildman–Crippen MR) is 105 cm³/mol. The number of nitrogens with zero attached hydrogens (tertiary/aromatic N) is 3. The minimum Gasteiger partial charge on any atom is -0.496 e. The summed E-state index contributed by atoms with van der Waals surface area (Å²) in [4.78, 5) is 16.1. The molecule has 3 heterocycles. The van der Waals surface area contributed by atoms with Crippen molar-refractivity contribution < 1.29 is 19.7 Å². The van der Waals surface area contributed by atoms with E-state index < -0.39 is 17.9 Å². The van der Waals surface area contributed by atoms with Gasteiger partial charge in [-0.25, -0.2) is 0 Å². The van der Waals surface area contributed by atoms with E-state index in [1.807, 2.05) is 19.2 Å². The van der Waals surface area contributed by atoms with Crippen LogP contribution in [0, 0.1) is 20.8 Å². The van der Waals surface area contributed by atoms with E-state index in [1.54, 1.807) is 7.11 Å². The van der Waals surface area contributed by atoms with Gasteiger partial charge in [-0.3, -0.25) is 14.6 Å². The average molecular weight is 483 g/mol. The Balaban J connectivity index is 1.90. The summed E-state index contributed by atoms with van der Waals surface area (Å²) >= 11 is 2.28. The quantitative estimate of drug-likeness (QED) is 0.625. The monoisotopic (exact) mass is 483 g/mol. The van der Waals surface area contributed by atoms with Crippen molar-refractivity contribution in [3.8, 4) is 11.8 Å². The van der Waals surface area contributed by atoms with E-state index in [2.05, 4.69) is 38.5 Å². The summed E-state index contributed by atoms with van der Waals surface area (Å²) in [5.74, 6) is -0.602. The Morgan fingerprint density at radius 3 is 2.78 bits per heavy atom. The van der Waals surface area contributed by atoms with E-state index >= 15 is 0 Å². The maximum Gasteiger partial charge on any atom is 0.308 e. The molecule has 3 aliphatic heterocycles. The van der Waals surface area contributed by atoms with Crippen molar-refractivity contribution in [3.63, 3.8) is 0 Å². The molecule has 144 valence electrons. The molecule has 4 rings (SSSR count). The number of carboxylic acid groups (broad SMARTS) is 1. The molecule has 0 saturated carbocycles. The predicted octanol–water partition coefficient (Wildman–Crippen LogP) is 1.24. The van der Waals surface area contributed by atoms with Gasteiger partial charge in [0, 0.05) is 27.3 Å². The van der Waals surface area contributed by atoms with E-state index in [-0.39, 0.29) is 30.8 Å². The third-order valence-corrected chi connectivity index (χ3v) is 7.58. The van der Waals surface area contributed by atoms with Gasteiger partial charge in [0.25, 0.3) is 0 Å². The lowest BCUT2D eigenvalue weighted by molar-refractivity contribution is -0.144. The van der Waals surface area contributed by atoms with E-state index in [4.69, 9.17) is 4.74 Å². The van der Waals surface area contributed by atoms with Gasteiger partial charge >= 0.3 is 5.97 Å². The Bertz CT molecular complexity index is 826. The molecule has 2 N–H and O–H groups in total. The van der Waals surface area contributed by atoms with Crippen LogP contribution in [0.5, 0.6) is 5.75 Å². The summed E-state index contributed by atoms with van der Waals surface area (Å²) in [6, 6.07) is 4.99. The first-order chi connectivity index (χ1) is 12.9. The maximum absolute atomic E-state index is 11.9. The third kappa shape index (κ3) is 2.59. The van der Waals surface area contributed by atoms with Gasteiger partial charge in [0.15, 0.2) is 0 Å². The van der Waals surface area contributed by atoms with Crippen molar-refractivity contribution in [2.75, 3.05) is 20.8 Å². The summed E-state index contributed by atoms with van der Waals surface area (Å²) < 4.78 is 6.64. The molecule has 7 nitrogen and oxygen atoms in total. The largest absolute Gasteiger partial charge is 0.496 e. The minimum absolute atomic E-state index is 0.134. The van der Waals surface area contributed by atoms with Crippen molar-refractivity contribution in [2.45, 2.75) is 43.1 Å². The fraction of sp³-hybridized carbons (Fsp3) is 0.579. The molecule has 2 bridgehead atoms. The molecule has 8 heteroatoms. The second-order valence-corrected chi connectivity index (χ2v) is 8.70. The summed E-state index contributed by atoms with van der Waals surface area (Å²) in [7, 11) is 3.54. The molecule has 6 unspecified atom stereocenters. The number of rotatable bonds is 3. The van der Waals surface area contributed by atoms with Crippen LogP contribution in [0.2, 0.25) is 0 Å². The fourth-order valence-corrected chi connectivity index (χ4v) is 6.20. The van der Waals surface area contributed by atoms with Crippen LogP contribution in [-0.2, 0) is 11.2 Å². The Hall–Kier alpha value is -1.41. The number of methoxy groups -OCH3 is 1. The highest BCUT2D eigenvalue weighted by atomic mass is 127. The number of aliphatic carboxylic acids is 1. The van der Waals surface area contributed by atoms with E-state index in [0.717, 1.165) is 14.7 Å². The number of hydrogen-bond donors (Lipinski definition) is 2. The average Bonchev–Trinajstić information content (AvgIpc) is 2.91. The number of hydrogen-bond acceptors (Lipinski definition) is 6. The summed E-state index contributed by atoms with van der Waals surface area (Å²) in [5, 5.41) is 30.0. The van der Waals surface area contributed by atoms with Gasteiger partial charge in [-0.15, -0.1) is 0 Å². The van der Waals surface area contributed by atoms with Crippen LogP contribution in [0.1, 0.15) is 23.6 Å². The van der Waals surface area contributed by atoms with E-state index in [1.165, 1.54) is 0 Å². The molecule has 0 radical (unpaired) electrons. The minimum atomic E-state index is -0.806. The second kappa shape index (κ2) is 6.88. The van der Waals surface area contributed by atoms with Crippen LogP contribution in [0.25, 0.3) is 0 Å². The Morgan fingerprint density at radius 2 is 2.19 bits per heavy atom. The number of likely N-dealkylation sites (N-methyl/N-ethyl adjacent to an activating group) is 1. The number of benzene rings is 1. The van der Waals surface area contributed by atoms with Crippen LogP contribution >= 0.6 is 22.6 Å². The Kier molecular flexibility index (Phi) is 4.83. The molecule has 3 aliphatic rings. The topological polar surface area (TPSA) is 97.0 Å². The number of piperazine rings is 1. The molecule has 1 aromatic carbocycles. The molecule has 2 fully saturated rings. The van der Waals surface area contributed by atoms with E-state index in [9.17, 15) is 20.3 Å². The van der Waals surface area contributed by atoms with Gasteiger partial charge in [0.05, 0.1) is 31.7 Å². The number of nitriles is 1. The number of carbonyl (C=O) groups is 1. The maximum atomic E-state index is 11.9. The van der Waals surface area contributed by atoms with Crippen LogP contribution in [0.15, 0.2) is 12.1 Å². The Labute approximate surface area is 171 Å². The summed E-state index contributed by atoms with van der Waals surface area (Å²) in [6.07, 6.45) is 1.11. The van der Waals surface area contributed by atoms with Crippen molar-refractivity contribution in [1.29, 1.82) is 5.26 Å². The summed E-state index contributed by atoms with van der Waals surface area (Å²) in [5.41, 5.74) is 2.02. The molecule has 27 heavy (non-hydrogen) atoms. The fourth-order valence-electron chi connectivity index (χ4n) is 5.51. The number of halogens is 1. The number of ether oxygens (including phenoxy) is 1. The highest BCUT2D eigenvalue weighted by Gasteiger charge is 2.59. The SMILES string of the molecule is COc1ccc(I)c2c1C(CO)N1C(C#N)C3CC(C(=O)O)C(C1C2)N3C. The number of fused-ring (bicyclic) bond motifs is 5. The van der Waals surface area contributed by atoms with Gasteiger partial charge < -0.3 is 14.9 Å². The highest BCUT2D eigenvalue weighted by Crippen LogP contribution is 2.50. The van der Waals surface area contributed by atoms with Crippen molar-refractivity contribution in [3.05, 3.63) is 26.8 Å². The first kappa shape index (κ1) is 18.9. The lowest BCUT2D eigenvalue weighted by Gasteiger charge is -2.54. The van der Waals surface area contributed by atoms with Gasteiger partial charge in [0.2, 0.25) is 0 Å². The molecule has 0 aromatic heterocycles. The first-order valence-electron chi connectivity index (χ1n) is 9.02. The van der Waals surface area contributed by atoms with Crippen LogP contribution in [0.3, 0.4) is 0 Å². The van der Waals surface area contributed by atoms with Crippen LogP contribution in [0.4, 0.5) is 0 Å². The molecule has 6 atom stereocenters. The van der Waals surface area contributed by atoms with Gasteiger partial charge in [-0.2, -0.15) is 5.26 Å². The lowest BCUT2D eigenvalue weighted by atomic mass is 9.80. The van der Waals surface area contributed by atoms with Gasteiger partial charge in [-0.1, -0.05) is 0 Å². The van der Waals surface area contributed by atoms with Crippen LogP contribution in [-0.4, -0.2) is 70.9 Å². The van der Waals surface area contributed by atoms with Crippen molar-refractivity contribution in [2.24, 2.45) is 5.92 Å². The zero-order valence-electron chi connectivity index (χ0n) is 15.2. The zero-order valence-corrected chi connectivity index (χ0v) is 17.3. The normalized spacial score (nSPS) is 35.2. The first-order valence-corrected chi connectivity index (χ1v) is 10.1. The van der Waals surface area contributed by atoms with Gasteiger partial charge in [0.1, 0.15) is 11.8 Å². The number of aliphatic hydroxyl groups is 1. The lowest BCUT2D eigenvalue weighted by Crippen LogP contribution is -2.67. The highest BCUT2D eigenvalue weighted by molar-refractivity contribution is 14.1. The third-order valence-electron chi connectivity index (χ3n) is 6.57. The molecule has 0 spiro atoms. The zero-order chi connectivity index (χ0) is 19.5. The van der Waals surface area contributed by atoms with Gasteiger partial charge in [-0.05, 0) is 60.2 Å². The molecule has 0 aliphatic carbocycles. The molecule has 2 saturated heterocycles.